The predicted molar refractivity (Wildman–Crippen MR) is 108 cm³/mol. The second kappa shape index (κ2) is 9.92. The first-order chi connectivity index (χ1) is 12.4. The minimum absolute atomic E-state index is 0.208. The Morgan fingerprint density at radius 2 is 1.85 bits per heavy atom. The number of sulfone groups is 1. The van der Waals surface area contributed by atoms with Crippen molar-refractivity contribution in [3.63, 3.8) is 0 Å². The van der Waals surface area contributed by atoms with E-state index >= 15 is 0 Å². The van der Waals surface area contributed by atoms with Crippen molar-refractivity contribution >= 4 is 15.8 Å². The molecule has 26 heavy (non-hydrogen) atoms. The van der Waals surface area contributed by atoms with Gasteiger partial charge in [0.25, 0.3) is 0 Å². The summed E-state index contributed by atoms with van der Waals surface area (Å²) in [7, 11) is -1.12. The van der Waals surface area contributed by atoms with Crippen molar-refractivity contribution in [2.45, 2.75) is 25.8 Å². The van der Waals surface area contributed by atoms with Crippen LogP contribution in [0.1, 0.15) is 31.4 Å². The highest BCUT2D eigenvalue weighted by Gasteiger charge is 2.25. The molecule has 0 spiro atoms. The Labute approximate surface area is 158 Å². The third kappa shape index (κ3) is 6.29. The first-order valence-corrected chi connectivity index (χ1v) is 11.4. The fourth-order valence-corrected chi connectivity index (χ4v) is 4.16. The SMILES string of the molecule is CCC(c1ccccc1)N1CCN(C(=NC)NCCCS(C)(=O)=O)CC1. The van der Waals surface area contributed by atoms with Crippen LogP contribution in [0, 0.1) is 0 Å². The number of hydrogen-bond acceptors (Lipinski definition) is 4. The molecule has 1 aromatic rings. The predicted octanol–water partition coefficient (Wildman–Crippen LogP) is 1.77. The Hall–Kier alpha value is -1.60. The van der Waals surface area contributed by atoms with Crippen LogP contribution in [0.4, 0.5) is 0 Å². The van der Waals surface area contributed by atoms with E-state index in [0.717, 1.165) is 38.6 Å². The van der Waals surface area contributed by atoms with Gasteiger partial charge in [-0.25, -0.2) is 8.42 Å². The van der Waals surface area contributed by atoms with Gasteiger partial charge in [-0.3, -0.25) is 9.89 Å². The lowest BCUT2D eigenvalue weighted by Gasteiger charge is -2.40. The van der Waals surface area contributed by atoms with Crippen LogP contribution in [-0.2, 0) is 9.84 Å². The molecule has 6 nitrogen and oxygen atoms in total. The standard InChI is InChI=1S/C19H32N4O2S/c1-4-18(17-9-6-5-7-10-17)22-12-14-23(15-13-22)19(20-2)21-11-8-16-26(3,24)25/h5-7,9-10,18H,4,8,11-16H2,1-3H3,(H,20,21). The number of nitrogens with zero attached hydrogens (tertiary/aromatic N) is 3. The summed E-state index contributed by atoms with van der Waals surface area (Å²) in [6.07, 6.45) is 2.98. The van der Waals surface area contributed by atoms with Crippen molar-refractivity contribution in [3.8, 4) is 0 Å². The summed E-state index contributed by atoms with van der Waals surface area (Å²) in [6, 6.07) is 11.2. The zero-order chi connectivity index (χ0) is 19.0. The fraction of sp³-hybridized carbons (Fsp3) is 0.632. The maximum atomic E-state index is 11.2. The van der Waals surface area contributed by atoms with E-state index in [-0.39, 0.29) is 5.75 Å². The summed E-state index contributed by atoms with van der Waals surface area (Å²) >= 11 is 0. The Morgan fingerprint density at radius 3 is 2.38 bits per heavy atom. The van der Waals surface area contributed by atoms with Crippen molar-refractivity contribution < 1.29 is 8.42 Å². The molecule has 0 radical (unpaired) electrons. The lowest BCUT2D eigenvalue weighted by Crippen LogP contribution is -2.53. The van der Waals surface area contributed by atoms with E-state index in [1.165, 1.54) is 11.8 Å². The molecule has 1 fully saturated rings. The topological polar surface area (TPSA) is 65.0 Å². The van der Waals surface area contributed by atoms with Gasteiger partial charge < -0.3 is 10.2 Å². The Balaban J connectivity index is 1.84. The zero-order valence-corrected chi connectivity index (χ0v) is 17.0. The first-order valence-electron chi connectivity index (χ1n) is 9.37. The number of hydrogen-bond donors (Lipinski definition) is 1. The molecule has 2 rings (SSSR count). The third-order valence-electron chi connectivity index (χ3n) is 4.81. The normalized spacial score (nSPS) is 18.0. The molecule has 1 heterocycles. The first kappa shape index (κ1) is 20.7. The monoisotopic (exact) mass is 380 g/mol. The van der Waals surface area contributed by atoms with Crippen molar-refractivity contribution in [1.29, 1.82) is 0 Å². The molecule has 146 valence electrons. The van der Waals surface area contributed by atoms with Gasteiger partial charge in [0.2, 0.25) is 0 Å². The highest BCUT2D eigenvalue weighted by Crippen LogP contribution is 2.25. The minimum Gasteiger partial charge on any atom is -0.356 e. The molecule has 0 aromatic heterocycles. The smallest absolute Gasteiger partial charge is 0.193 e. The molecule has 0 aliphatic carbocycles. The number of rotatable bonds is 7. The highest BCUT2D eigenvalue weighted by atomic mass is 32.2. The fourth-order valence-electron chi connectivity index (χ4n) is 3.49. The number of nitrogens with one attached hydrogen (secondary N) is 1. The zero-order valence-electron chi connectivity index (χ0n) is 16.2. The van der Waals surface area contributed by atoms with Gasteiger partial charge in [-0.2, -0.15) is 0 Å². The van der Waals surface area contributed by atoms with Crippen molar-refractivity contribution in [2.75, 3.05) is 51.8 Å². The van der Waals surface area contributed by atoms with E-state index in [4.69, 9.17) is 0 Å². The summed E-state index contributed by atoms with van der Waals surface area (Å²) in [6.45, 7) is 6.72. The molecule has 0 bridgehead atoms. The maximum Gasteiger partial charge on any atom is 0.193 e. The molecule has 1 aromatic carbocycles. The second-order valence-corrected chi connectivity index (χ2v) is 9.07. The van der Waals surface area contributed by atoms with Crippen LogP contribution < -0.4 is 5.32 Å². The van der Waals surface area contributed by atoms with Crippen LogP contribution in [0.15, 0.2) is 35.3 Å². The largest absolute Gasteiger partial charge is 0.356 e. The maximum absolute atomic E-state index is 11.2. The quantitative estimate of drug-likeness (QED) is 0.444. The van der Waals surface area contributed by atoms with Crippen LogP contribution in [0.25, 0.3) is 0 Å². The molecule has 0 saturated carbocycles. The van der Waals surface area contributed by atoms with Crippen LogP contribution in [0.5, 0.6) is 0 Å². The van der Waals surface area contributed by atoms with E-state index < -0.39 is 9.84 Å². The van der Waals surface area contributed by atoms with Gasteiger partial charge in [-0.1, -0.05) is 37.3 Å². The van der Waals surface area contributed by atoms with Gasteiger partial charge in [0.05, 0.1) is 5.75 Å². The summed E-state index contributed by atoms with van der Waals surface area (Å²) in [5.41, 5.74) is 1.38. The van der Waals surface area contributed by atoms with Crippen LogP contribution >= 0.6 is 0 Å². The summed E-state index contributed by atoms with van der Waals surface area (Å²) in [5.74, 6) is 1.07. The van der Waals surface area contributed by atoms with Crippen LogP contribution in [0.3, 0.4) is 0 Å². The van der Waals surface area contributed by atoms with E-state index in [1.54, 1.807) is 7.05 Å². The van der Waals surface area contributed by atoms with Gasteiger partial charge in [-0.15, -0.1) is 0 Å². The average molecular weight is 381 g/mol. The summed E-state index contributed by atoms with van der Waals surface area (Å²) in [5, 5.41) is 3.29. The Morgan fingerprint density at radius 1 is 1.19 bits per heavy atom. The Bertz CT molecular complexity index is 668. The van der Waals surface area contributed by atoms with E-state index in [9.17, 15) is 8.42 Å². The lowest BCUT2D eigenvalue weighted by molar-refractivity contribution is 0.127. The average Bonchev–Trinajstić information content (AvgIpc) is 2.63. The molecular formula is C19H32N4O2S. The molecule has 1 N–H and O–H groups in total. The second-order valence-electron chi connectivity index (χ2n) is 6.82. The van der Waals surface area contributed by atoms with Crippen LogP contribution in [0.2, 0.25) is 0 Å². The molecule has 1 saturated heterocycles. The summed E-state index contributed by atoms with van der Waals surface area (Å²) in [4.78, 5) is 9.16. The molecule has 7 heteroatoms. The molecule has 0 amide bonds. The minimum atomic E-state index is -2.90. The van der Waals surface area contributed by atoms with Gasteiger partial charge in [0, 0.05) is 52.1 Å². The van der Waals surface area contributed by atoms with Crippen molar-refractivity contribution in [3.05, 3.63) is 35.9 Å². The van der Waals surface area contributed by atoms with Gasteiger partial charge in [-0.05, 0) is 18.4 Å². The summed E-state index contributed by atoms with van der Waals surface area (Å²) < 4.78 is 22.4. The molecule has 1 aliphatic heterocycles. The van der Waals surface area contributed by atoms with E-state index in [2.05, 4.69) is 57.4 Å². The Kier molecular flexibility index (Phi) is 7.90. The number of aliphatic imine (C=N–C) groups is 1. The van der Waals surface area contributed by atoms with Crippen LogP contribution in [-0.4, -0.2) is 76.0 Å². The lowest BCUT2D eigenvalue weighted by atomic mass is 10.0. The number of guanidine groups is 1. The molecule has 1 atom stereocenters. The number of piperazine rings is 1. The molecule has 1 aliphatic rings. The van der Waals surface area contributed by atoms with Gasteiger partial charge in [0.1, 0.15) is 9.84 Å². The van der Waals surface area contributed by atoms with Gasteiger partial charge in [0.15, 0.2) is 5.96 Å². The molecular weight excluding hydrogens is 348 g/mol. The molecule has 1 unspecified atom stereocenters. The highest BCUT2D eigenvalue weighted by molar-refractivity contribution is 7.90. The van der Waals surface area contributed by atoms with Gasteiger partial charge >= 0.3 is 0 Å². The van der Waals surface area contributed by atoms with E-state index in [0.29, 0.717) is 19.0 Å². The van der Waals surface area contributed by atoms with Crippen molar-refractivity contribution in [1.82, 2.24) is 15.1 Å². The third-order valence-corrected chi connectivity index (χ3v) is 5.84. The van der Waals surface area contributed by atoms with Crippen molar-refractivity contribution in [2.24, 2.45) is 4.99 Å². The van der Waals surface area contributed by atoms with E-state index in [1.807, 2.05) is 0 Å². The number of benzene rings is 1.